The summed E-state index contributed by atoms with van der Waals surface area (Å²) in [6.07, 6.45) is 7.04. The highest BCUT2D eigenvalue weighted by molar-refractivity contribution is 7.89. The van der Waals surface area contributed by atoms with Gasteiger partial charge in [0.15, 0.2) is 11.6 Å². The van der Waals surface area contributed by atoms with Crippen LogP contribution in [0.25, 0.3) is 17.1 Å². The third kappa shape index (κ3) is 4.60. The lowest BCUT2D eigenvalue weighted by molar-refractivity contribution is 0.120. The molecule has 1 aromatic carbocycles. The Hall–Kier alpha value is -2.82. The maximum atomic E-state index is 13.0. The fourth-order valence-electron chi connectivity index (χ4n) is 3.77. The Morgan fingerprint density at radius 3 is 2.58 bits per heavy atom. The van der Waals surface area contributed by atoms with Gasteiger partial charge in [0.25, 0.3) is 0 Å². The predicted molar refractivity (Wildman–Crippen MR) is 117 cm³/mol. The molecule has 1 aliphatic rings. The van der Waals surface area contributed by atoms with E-state index in [0.29, 0.717) is 42.8 Å². The summed E-state index contributed by atoms with van der Waals surface area (Å²) in [7, 11) is -3.71. The van der Waals surface area contributed by atoms with E-state index < -0.39 is 10.0 Å². The molecule has 0 radical (unpaired) electrons. The number of aliphatic hydroxyl groups excluding tert-OH is 1. The van der Waals surface area contributed by atoms with E-state index in [4.69, 9.17) is 5.73 Å². The van der Waals surface area contributed by atoms with E-state index in [0.717, 1.165) is 11.3 Å². The van der Waals surface area contributed by atoms with Gasteiger partial charge in [0, 0.05) is 17.8 Å². The zero-order valence-corrected chi connectivity index (χ0v) is 18.3. The molecule has 10 heteroatoms. The molecule has 0 bridgehead atoms. The Labute approximate surface area is 181 Å². The Bertz CT molecular complexity index is 1200. The first-order valence-electron chi connectivity index (χ1n) is 10.2. The largest absolute Gasteiger partial charge is 0.393 e. The van der Waals surface area contributed by atoms with Crippen LogP contribution in [0, 0.1) is 13.8 Å². The minimum absolute atomic E-state index is 0.165. The van der Waals surface area contributed by atoms with E-state index in [2.05, 4.69) is 19.7 Å². The first kappa shape index (κ1) is 21.4. The van der Waals surface area contributed by atoms with Crippen molar-refractivity contribution < 1.29 is 13.5 Å². The van der Waals surface area contributed by atoms with Gasteiger partial charge in [-0.3, -0.25) is 4.57 Å². The van der Waals surface area contributed by atoms with Gasteiger partial charge in [-0.15, -0.1) is 0 Å². The lowest BCUT2D eigenvalue weighted by atomic mass is 9.94. The SMILES string of the molecule is Cc1cn(-c2nc(-c3cc(S(=O)(=O)N[C@H]4CC[C@H](O)CC4)ccc3C)cnc2N)cn1. The van der Waals surface area contributed by atoms with Crippen LogP contribution >= 0.6 is 0 Å². The number of hydrogen-bond acceptors (Lipinski definition) is 7. The van der Waals surface area contributed by atoms with Gasteiger partial charge >= 0.3 is 0 Å². The fraction of sp³-hybridized carbons (Fsp3) is 0.381. The molecule has 2 aromatic heterocycles. The number of hydrogen-bond donors (Lipinski definition) is 3. The molecule has 9 nitrogen and oxygen atoms in total. The summed E-state index contributed by atoms with van der Waals surface area (Å²) in [6.45, 7) is 3.75. The van der Waals surface area contributed by atoms with Crippen molar-refractivity contribution in [2.24, 2.45) is 0 Å². The fourth-order valence-corrected chi connectivity index (χ4v) is 5.10. The lowest BCUT2D eigenvalue weighted by Crippen LogP contribution is -2.38. The molecular weight excluding hydrogens is 416 g/mol. The zero-order chi connectivity index (χ0) is 22.2. The minimum atomic E-state index is -3.71. The molecule has 31 heavy (non-hydrogen) atoms. The van der Waals surface area contributed by atoms with Crippen LogP contribution in [0.3, 0.4) is 0 Å². The van der Waals surface area contributed by atoms with Crippen molar-refractivity contribution in [3.8, 4) is 17.1 Å². The normalized spacial score (nSPS) is 19.5. The summed E-state index contributed by atoms with van der Waals surface area (Å²) < 4.78 is 30.4. The van der Waals surface area contributed by atoms with Crippen LogP contribution in [0.4, 0.5) is 5.82 Å². The number of imidazole rings is 1. The summed E-state index contributed by atoms with van der Waals surface area (Å²) in [6, 6.07) is 4.78. The molecule has 0 amide bonds. The number of nitrogens with one attached hydrogen (secondary N) is 1. The van der Waals surface area contributed by atoms with Gasteiger partial charge in [0.05, 0.1) is 28.6 Å². The average molecular weight is 443 g/mol. The van der Waals surface area contributed by atoms with Crippen LogP contribution < -0.4 is 10.5 Å². The number of anilines is 1. The van der Waals surface area contributed by atoms with Gasteiger partial charge in [-0.05, 0) is 57.2 Å². The van der Waals surface area contributed by atoms with Crippen molar-refractivity contribution in [3.05, 3.63) is 48.2 Å². The number of aryl methyl sites for hydroxylation is 2. The Morgan fingerprint density at radius 1 is 1.16 bits per heavy atom. The molecule has 1 saturated carbocycles. The van der Waals surface area contributed by atoms with E-state index in [1.807, 2.05) is 13.8 Å². The number of nitrogen functional groups attached to an aromatic ring is 1. The average Bonchev–Trinajstić information content (AvgIpc) is 3.16. The number of aromatic nitrogens is 4. The van der Waals surface area contributed by atoms with Crippen LogP contribution in [-0.4, -0.2) is 45.2 Å². The Kier molecular flexibility index (Phi) is 5.78. The molecule has 0 atom stereocenters. The molecule has 1 fully saturated rings. The van der Waals surface area contributed by atoms with Gasteiger partial charge in [-0.2, -0.15) is 0 Å². The summed E-state index contributed by atoms with van der Waals surface area (Å²) >= 11 is 0. The van der Waals surface area contributed by atoms with E-state index in [1.165, 1.54) is 6.20 Å². The van der Waals surface area contributed by atoms with Crippen molar-refractivity contribution >= 4 is 15.8 Å². The van der Waals surface area contributed by atoms with Gasteiger partial charge in [-0.25, -0.2) is 28.1 Å². The van der Waals surface area contributed by atoms with E-state index in [9.17, 15) is 13.5 Å². The number of aliphatic hydroxyl groups is 1. The van der Waals surface area contributed by atoms with E-state index in [1.54, 1.807) is 35.3 Å². The summed E-state index contributed by atoms with van der Waals surface area (Å²) in [4.78, 5) is 13.2. The number of sulfonamides is 1. The van der Waals surface area contributed by atoms with Gasteiger partial charge in [-0.1, -0.05) is 6.07 Å². The second kappa shape index (κ2) is 8.37. The number of nitrogens with two attached hydrogens (primary N) is 1. The summed E-state index contributed by atoms with van der Waals surface area (Å²) in [5.41, 5.74) is 8.88. The molecule has 0 aliphatic heterocycles. The number of benzene rings is 1. The molecule has 0 spiro atoms. The molecule has 3 aromatic rings. The minimum Gasteiger partial charge on any atom is -0.393 e. The highest BCUT2D eigenvalue weighted by Gasteiger charge is 2.25. The van der Waals surface area contributed by atoms with Crippen molar-refractivity contribution in [1.82, 2.24) is 24.2 Å². The van der Waals surface area contributed by atoms with Crippen molar-refractivity contribution in [1.29, 1.82) is 0 Å². The van der Waals surface area contributed by atoms with Gasteiger partial charge < -0.3 is 10.8 Å². The third-order valence-electron chi connectivity index (χ3n) is 5.55. The highest BCUT2D eigenvalue weighted by atomic mass is 32.2. The third-order valence-corrected chi connectivity index (χ3v) is 7.07. The van der Waals surface area contributed by atoms with E-state index >= 15 is 0 Å². The van der Waals surface area contributed by atoms with Crippen LogP contribution in [0.2, 0.25) is 0 Å². The molecule has 4 rings (SSSR count). The molecule has 1 aliphatic carbocycles. The second-order valence-corrected chi connectivity index (χ2v) is 9.70. The molecule has 0 saturated heterocycles. The van der Waals surface area contributed by atoms with Crippen LogP contribution in [-0.2, 0) is 10.0 Å². The first-order valence-corrected chi connectivity index (χ1v) is 11.7. The zero-order valence-electron chi connectivity index (χ0n) is 17.5. The topological polar surface area (TPSA) is 136 Å². The van der Waals surface area contributed by atoms with Crippen molar-refractivity contribution in [2.45, 2.75) is 56.6 Å². The molecule has 0 unspecified atom stereocenters. The van der Waals surface area contributed by atoms with Crippen molar-refractivity contribution in [2.75, 3.05) is 5.73 Å². The molecular formula is C21H26N6O3S. The second-order valence-electron chi connectivity index (χ2n) is 7.99. The Morgan fingerprint density at radius 2 is 1.90 bits per heavy atom. The lowest BCUT2D eigenvalue weighted by Gasteiger charge is -2.26. The number of nitrogens with zero attached hydrogens (tertiary/aromatic N) is 4. The molecule has 4 N–H and O–H groups in total. The van der Waals surface area contributed by atoms with Crippen molar-refractivity contribution in [3.63, 3.8) is 0 Å². The predicted octanol–water partition coefficient (Wildman–Crippen LogP) is 2.11. The maximum absolute atomic E-state index is 13.0. The molecule has 2 heterocycles. The monoisotopic (exact) mass is 442 g/mol. The smallest absolute Gasteiger partial charge is 0.240 e. The van der Waals surface area contributed by atoms with E-state index in [-0.39, 0.29) is 22.9 Å². The quantitative estimate of drug-likeness (QED) is 0.550. The van der Waals surface area contributed by atoms with Crippen LogP contribution in [0.15, 0.2) is 41.8 Å². The Balaban J connectivity index is 1.67. The standard InChI is InChI=1S/C21H26N6O3S/c1-13-3-8-17(31(29,30)26-15-4-6-16(28)7-5-15)9-18(13)19-10-23-20(22)21(25-19)27-11-14(2)24-12-27/h3,8-12,15-16,26,28H,4-7H2,1-2H3,(H2,22,23)/t15-,16-. The highest BCUT2D eigenvalue weighted by Crippen LogP contribution is 2.27. The van der Waals surface area contributed by atoms with Crippen LogP contribution in [0.5, 0.6) is 0 Å². The van der Waals surface area contributed by atoms with Gasteiger partial charge in [0.2, 0.25) is 10.0 Å². The van der Waals surface area contributed by atoms with Gasteiger partial charge in [0.1, 0.15) is 6.33 Å². The first-order chi connectivity index (χ1) is 14.7. The summed E-state index contributed by atoms with van der Waals surface area (Å²) in [5.74, 6) is 0.688. The molecule has 164 valence electrons. The van der Waals surface area contributed by atoms with Crippen LogP contribution in [0.1, 0.15) is 36.9 Å². The maximum Gasteiger partial charge on any atom is 0.240 e. The summed E-state index contributed by atoms with van der Waals surface area (Å²) in [5, 5.41) is 9.66. The number of rotatable bonds is 5.